The number of hydrogen-bond acceptors (Lipinski definition) is 2. The van der Waals surface area contributed by atoms with Gasteiger partial charge in [0.05, 0.1) is 6.04 Å². The van der Waals surface area contributed by atoms with Crippen LogP contribution in [0.1, 0.15) is 48.9 Å². The van der Waals surface area contributed by atoms with E-state index in [4.69, 9.17) is 5.73 Å². The van der Waals surface area contributed by atoms with Gasteiger partial charge in [0.1, 0.15) is 0 Å². The number of rotatable bonds is 4. The summed E-state index contributed by atoms with van der Waals surface area (Å²) in [6, 6.07) is 13.6. The molecule has 0 bridgehead atoms. The van der Waals surface area contributed by atoms with Crippen molar-refractivity contribution in [1.82, 2.24) is 5.32 Å². The van der Waals surface area contributed by atoms with Gasteiger partial charge in [0.25, 0.3) is 0 Å². The molecule has 24 heavy (non-hydrogen) atoms. The van der Waals surface area contributed by atoms with E-state index in [0.29, 0.717) is 5.69 Å². The number of benzene rings is 2. The number of anilines is 2. The molecule has 0 radical (unpaired) electrons. The van der Waals surface area contributed by atoms with E-state index in [-0.39, 0.29) is 12.1 Å². The molecule has 3 rings (SSSR count). The third kappa shape index (κ3) is 3.88. The molecule has 4 N–H and O–H groups in total. The van der Waals surface area contributed by atoms with Crippen LogP contribution in [0, 0.1) is 0 Å². The molecule has 0 aliphatic heterocycles. The number of carbonyl (C=O) groups is 1. The fourth-order valence-corrected chi connectivity index (χ4v) is 3.28. The van der Waals surface area contributed by atoms with Gasteiger partial charge < -0.3 is 16.4 Å². The Balaban J connectivity index is 1.67. The quantitative estimate of drug-likeness (QED) is 0.729. The lowest BCUT2D eigenvalue weighted by Crippen LogP contribution is -2.32. The predicted molar refractivity (Wildman–Crippen MR) is 99.1 cm³/mol. The first-order chi connectivity index (χ1) is 11.7. The number of aryl methyl sites for hydroxylation is 2. The van der Waals surface area contributed by atoms with Gasteiger partial charge in [-0.15, -0.1) is 0 Å². The maximum Gasteiger partial charge on any atom is 0.319 e. The average Bonchev–Trinajstić information content (AvgIpc) is 2.61. The third-order valence-electron chi connectivity index (χ3n) is 4.66. The molecule has 0 heterocycles. The molecule has 4 heteroatoms. The Morgan fingerprint density at radius 1 is 1.08 bits per heavy atom. The number of amides is 2. The maximum absolute atomic E-state index is 12.3. The predicted octanol–water partition coefficient (Wildman–Crippen LogP) is 4.42. The van der Waals surface area contributed by atoms with Crippen LogP contribution in [0.5, 0.6) is 0 Å². The second-order valence-corrected chi connectivity index (χ2v) is 6.42. The van der Waals surface area contributed by atoms with E-state index in [0.717, 1.165) is 18.5 Å². The molecule has 1 unspecified atom stereocenters. The van der Waals surface area contributed by atoms with Gasteiger partial charge in [-0.3, -0.25) is 0 Å². The summed E-state index contributed by atoms with van der Waals surface area (Å²) < 4.78 is 0. The van der Waals surface area contributed by atoms with E-state index in [1.165, 1.54) is 36.0 Å². The molecule has 1 aliphatic carbocycles. The molecule has 1 atom stereocenters. The van der Waals surface area contributed by atoms with Gasteiger partial charge in [0.15, 0.2) is 0 Å². The zero-order valence-electron chi connectivity index (χ0n) is 14.1. The molecule has 2 aromatic rings. The molecular formula is C20H25N3O. The normalized spacial score (nSPS) is 14.5. The summed E-state index contributed by atoms with van der Waals surface area (Å²) in [4.78, 5) is 12.3. The van der Waals surface area contributed by atoms with Crippen LogP contribution in [0.25, 0.3) is 0 Å². The molecule has 0 fully saturated rings. The van der Waals surface area contributed by atoms with E-state index in [1.807, 2.05) is 0 Å². The summed E-state index contributed by atoms with van der Waals surface area (Å²) in [7, 11) is 0. The second-order valence-electron chi connectivity index (χ2n) is 6.42. The number of nitrogens with one attached hydrogen (secondary N) is 2. The molecule has 4 nitrogen and oxygen atoms in total. The molecule has 2 aromatic carbocycles. The molecule has 0 saturated heterocycles. The molecule has 126 valence electrons. The second kappa shape index (κ2) is 7.39. The molecule has 1 aliphatic rings. The Labute approximate surface area is 143 Å². The molecule has 0 saturated carbocycles. The van der Waals surface area contributed by atoms with E-state index in [1.54, 1.807) is 24.3 Å². The van der Waals surface area contributed by atoms with Gasteiger partial charge in [-0.2, -0.15) is 0 Å². The highest BCUT2D eigenvalue weighted by Crippen LogP contribution is 2.26. The minimum Gasteiger partial charge on any atom is -0.399 e. The van der Waals surface area contributed by atoms with E-state index in [9.17, 15) is 4.79 Å². The van der Waals surface area contributed by atoms with Gasteiger partial charge in [-0.05, 0) is 73.1 Å². The van der Waals surface area contributed by atoms with Crippen LogP contribution >= 0.6 is 0 Å². The first-order valence-electron chi connectivity index (χ1n) is 8.70. The lowest BCUT2D eigenvalue weighted by Gasteiger charge is -2.22. The Hall–Kier alpha value is -2.49. The fraction of sp³-hybridized carbons (Fsp3) is 0.350. The highest BCUT2D eigenvalue weighted by Gasteiger charge is 2.16. The van der Waals surface area contributed by atoms with Gasteiger partial charge in [0, 0.05) is 11.4 Å². The minimum atomic E-state index is -0.190. The van der Waals surface area contributed by atoms with E-state index in [2.05, 4.69) is 35.8 Å². The lowest BCUT2D eigenvalue weighted by atomic mass is 9.89. The van der Waals surface area contributed by atoms with Crippen molar-refractivity contribution in [3.8, 4) is 0 Å². The number of fused-ring (bicyclic) bond motifs is 1. The van der Waals surface area contributed by atoms with Crippen molar-refractivity contribution >= 4 is 17.4 Å². The number of hydrogen-bond donors (Lipinski definition) is 3. The fourth-order valence-electron chi connectivity index (χ4n) is 3.28. The van der Waals surface area contributed by atoms with Crippen molar-refractivity contribution in [1.29, 1.82) is 0 Å². The Morgan fingerprint density at radius 3 is 2.50 bits per heavy atom. The van der Waals surface area contributed by atoms with Crippen LogP contribution in [0.15, 0.2) is 42.5 Å². The Morgan fingerprint density at radius 2 is 1.79 bits per heavy atom. The highest BCUT2D eigenvalue weighted by molar-refractivity contribution is 5.89. The number of urea groups is 1. The van der Waals surface area contributed by atoms with Crippen molar-refractivity contribution < 1.29 is 4.79 Å². The monoisotopic (exact) mass is 323 g/mol. The van der Waals surface area contributed by atoms with Crippen molar-refractivity contribution in [2.24, 2.45) is 0 Å². The SMILES string of the molecule is CCC(NC(=O)Nc1ccc(N)cc1)c1ccc2c(c1)CCCC2. The van der Waals surface area contributed by atoms with Crippen molar-refractivity contribution in [2.45, 2.75) is 45.1 Å². The zero-order chi connectivity index (χ0) is 16.9. The van der Waals surface area contributed by atoms with Crippen molar-refractivity contribution in [3.63, 3.8) is 0 Å². The summed E-state index contributed by atoms with van der Waals surface area (Å²) >= 11 is 0. The highest BCUT2D eigenvalue weighted by atomic mass is 16.2. The summed E-state index contributed by atoms with van der Waals surface area (Å²) in [5.74, 6) is 0. The molecular weight excluding hydrogens is 298 g/mol. The number of carbonyl (C=O) groups excluding carboxylic acids is 1. The summed E-state index contributed by atoms with van der Waals surface area (Å²) in [6.45, 7) is 2.09. The average molecular weight is 323 g/mol. The first-order valence-corrected chi connectivity index (χ1v) is 8.70. The lowest BCUT2D eigenvalue weighted by molar-refractivity contribution is 0.248. The van der Waals surface area contributed by atoms with Gasteiger partial charge >= 0.3 is 6.03 Å². The van der Waals surface area contributed by atoms with Gasteiger partial charge in [-0.25, -0.2) is 4.79 Å². The third-order valence-corrected chi connectivity index (χ3v) is 4.66. The van der Waals surface area contributed by atoms with Crippen LogP contribution in [0.2, 0.25) is 0 Å². The van der Waals surface area contributed by atoms with Gasteiger partial charge in [-0.1, -0.05) is 25.1 Å². The topological polar surface area (TPSA) is 67.2 Å². The molecule has 2 amide bonds. The van der Waals surface area contributed by atoms with Crippen LogP contribution in [0.4, 0.5) is 16.2 Å². The van der Waals surface area contributed by atoms with Crippen LogP contribution in [0.3, 0.4) is 0 Å². The maximum atomic E-state index is 12.3. The molecule has 0 spiro atoms. The van der Waals surface area contributed by atoms with Crippen molar-refractivity contribution in [3.05, 3.63) is 59.2 Å². The zero-order valence-corrected chi connectivity index (χ0v) is 14.1. The van der Waals surface area contributed by atoms with Crippen molar-refractivity contribution in [2.75, 3.05) is 11.1 Å². The van der Waals surface area contributed by atoms with Gasteiger partial charge in [0.2, 0.25) is 0 Å². The van der Waals surface area contributed by atoms with Crippen LogP contribution in [-0.2, 0) is 12.8 Å². The summed E-state index contributed by atoms with van der Waals surface area (Å²) in [5.41, 5.74) is 11.2. The first kappa shape index (κ1) is 16.4. The standard InChI is InChI=1S/C20H25N3O/c1-2-19(16-8-7-14-5-3-4-6-15(14)13-16)23-20(24)22-18-11-9-17(21)10-12-18/h7-13,19H,2-6,21H2,1H3,(H2,22,23,24). The largest absolute Gasteiger partial charge is 0.399 e. The van der Waals surface area contributed by atoms with Crippen LogP contribution in [-0.4, -0.2) is 6.03 Å². The van der Waals surface area contributed by atoms with E-state index < -0.39 is 0 Å². The summed E-state index contributed by atoms with van der Waals surface area (Å²) in [5, 5.41) is 5.93. The van der Waals surface area contributed by atoms with Crippen LogP contribution < -0.4 is 16.4 Å². The molecule has 0 aromatic heterocycles. The summed E-state index contributed by atoms with van der Waals surface area (Å²) in [6.07, 6.45) is 5.73. The smallest absolute Gasteiger partial charge is 0.319 e. The Kier molecular flexibility index (Phi) is 5.04. The number of nitrogen functional groups attached to an aromatic ring is 1. The van der Waals surface area contributed by atoms with E-state index >= 15 is 0 Å². The number of nitrogens with two attached hydrogens (primary N) is 1. The Bertz CT molecular complexity index is 709. The minimum absolute atomic E-state index is 0.0195.